The summed E-state index contributed by atoms with van der Waals surface area (Å²) in [7, 11) is 0. The van der Waals surface area contributed by atoms with Crippen molar-refractivity contribution < 1.29 is 4.79 Å². The highest BCUT2D eigenvalue weighted by molar-refractivity contribution is 7.12. The van der Waals surface area contributed by atoms with Crippen molar-refractivity contribution in [2.75, 3.05) is 5.32 Å². The number of hydrogen-bond donors (Lipinski definition) is 1. The number of carbonyl (C=O) groups is 1. The SMILES string of the molecule is Cc1csc(C(=O)Nc2cc(-n3ccnc3C)ncn2)c1. The minimum absolute atomic E-state index is 0.167. The zero-order valence-corrected chi connectivity index (χ0v) is 12.4. The maximum atomic E-state index is 12.1. The second kappa shape index (κ2) is 5.45. The van der Waals surface area contributed by atoms with Crippen LogP contribution in [0.1, 0.15) is 21.1 Å². The molecule has 0 aliphatic rings. The molecule has 0 bridgehead atoms. The van der Waals surface area contributed by atoms with Crippen LogP contribution in [-0.4, -0.2) is 25.4 Å². The molecule has 106 valence electrons. The van der Waals surface area contributed by atoms with Gasteiger partial charge in [0.25, 0.3) is 5.91 Å². The number of anilines is 1. The Morgan fingerprint density at radius 2 is 2.10 bits per heavy atom. The zero-order chi connectivity index (χ0) is 14.8. The number of thiophene rings is 1. The molecule has 3 heterocycles. The van der Waals surface area contributed by atoms with E-state index in [9.17, 15) is 4.79 Å². The fourth-order valence-corrected chi connectivity index (χ4v) is 2.69. The lowest BCUT2D eigenvalue weighted by atomic mass is 10.3. The summed E-state index contributed by atoms with van der Waals surface area (Å²) in [5.74, 6) is 1.78. The van der Waals surface area contributed by atoms with Crippen LogP contribution in [0.3, 0.4) is 0 Å². The number of aromatic nitrogens is 4. The number of rotatable bonds is 3. The average molecular weight is 299 g/mol. The monoisotopic (exact) mass is 299 g/mol. The standard InChI is InChI=1S/C14H13N5OS/c1-9-5-11(21-7-9)14(20)18-12-6-13(17-8-16-12)19-4-3-15-10(19)2/h3-8H,1-2H3,(H,16,17,18,20). The van der Waals surface area contributed by atoms with Crippen LogP contribution >= 0.6 is 11.3 Å². The van der Waals surface area contributed by atoms with E-state index in [4.69, 9.17) is 0 Å². The first-order valence-corrected chi connectivity index (χ1v) is 7.20. The molecule has 0 atom stereocenters. The Labute approximate surface area is 125 Å². The number of amides is 1. The smallest absolute Gasteiger partial charge is 0.266 e. The highest BCUT2D eigenvalue weighted by atomic mass is 32.1. The summed E-state index contributed by atoms with van der Waals surface area (Å²) in [6.07, 6.45) is 4.93. The van der Waals surface area contributed by atoms with Gasteiger partial charge in [0.05, 0.1) is 4.88 Å². The van der Waals surface area contributed by atoms with E-state index in [1.54, 1.807) is 12.3 Å². The number of nitrogens with one attached hydrogen (secondary N) is 1. The lowest BCUT2D eigenvalue weighted by Gasteiger charge is -2.06. The molecular formula is C14H13N5OS. The summed E-state index contributed by atoms with van der Waals surface area (Å²) >= 11 is 1.41. The van der Waals surface area contributed by atoms with Gasteiger partial charge in [-0.05, 0) is 30.9 Å². The van der Waals surface area contributed by atoms with Crippen molar-refractivity contribution in [1.82, 2.24) is 19.5 Å². The topological polar surface area (TPSA) is 72.7 Å². The largest absolute Gasteiger partial charge is 0.306 e. The molecule has 21 heavy (non-hydrogen) atoms. The fraction of sp³-hybridized carbons (Fsp3) is 0.143. The van der Waals surface area contributed by atoms with Crippen LogP contribution < -0.4 is 5.32 Å². The third-order valence-corrected chi connectivity index (χ3v) is 3.97. The Bertz CT molecular complexity index is 792. The molecule has 1 amide bonds. The minimum atomic E-state index is -0.167. The van der Waals surface area contributed by atoms with Crippen LogP contribution in [0.15, 0.2) is 36.2 Å². The van der Waals surface area contributed by atoms with Crippen LogP contribution in [0.25, 0.3) is 5.82 Å². The number of hydrogen-bond acceptors (Lipinski definition) is 5. The second-order valence-electron chi connectivity index (χ2n) is 4.55. The summed E-state index contributed by atoms with van der Waals surface area (Å²) in [6.45, 7) is 3.84. The highest BCUT2D eigenvalue weighted by Gasteiger charge is 2.10. The molecule has 6 nitrogen and oxygen atoms in total. The van der Waals surface area contributed by atoms with Gasteiger partial charge in [-0.15, -0.1) is 11.3 Å². The van der Waals surface area contributed by atoms with Crippen molar-refractivity contribution in [3.8, 4) is 5.82 Å². The van der Waals surface area contributed by atoms with Gasteiger partial charge >= 0.3 is 0 Å². The molecule has 1 N–H and O–H groups in total. The van der Waals surface area contributed by atoms with Crippen molar-refractivity contribution in [2.24, 2.45) is 0 Å². The fourth-order valence-electron chi connectivity index (χ4n) is 1.90. The number of aryl methyl sites for hydroxylation is 2. The number of imidazole rings is 1. The predicted molar refractivity (Wildman–Crippen MR) is 80.9 cm³/mol. The maximum Gasteiger partial charge on any atom is 0.266 e. The Hall–Kier alpha value is -2.54. The number of nitrogens with zero attached hydrogens (tertiary/aromatic N) is 4. The van der Waals surface area contributed by atoms with Crippen molar-refractivity contribution in [1.29, 1.82) is 0 Å². The highest BCUT2D eigenvalue weighted by Crippen LogP contribution is 2.16. The quantitative estimate of drug-likeness (QED) is 0.807. The van der Waals surface area contributed by atoms with Crippen molar-refractivity contribution >= 4 is 23.1 Å². The molecule has 3 aromatic rings. The Morgan fingerprint density at radius 3 is 2.76 bits per heavy atom. The molecule has 0 unspecified atom stereocenters. The predicted octanol–water partition coefficient (Wildman–Crippen LogP) is 2.59. The maximum absolute atomic E-state index is 12.1. The molecule has 0 spiro atoms. The molecule has 7 heteroatoms. The molecule has 3 aromatic heterocycles. The van der Waals surface area contributed by atoms with E-state index in [0.29, 0.717) is 16.5 Å². The molecule has 0 saturated carbocycles. The number of carbonyl (C=O) groups excluding carboxylic acids is 1. The molecule has 0 aliphatic heterocycles. The van der Waals surface area contributed by atoms with E-state index >= 15 is 0 Å². The Balaban J connectivity index is 1.84. The summed E-state index contributed by atoms with van der Waals surface area (Å²) < 4.78 is 1.83. The normalized spacial score (nSPS) is 10.6. The van der Waals surface area contributed by atoms with Gasteiger partial charge in [-0.1, -0.05) is 0 Å². The first-order valence-electron chi connectivity index (χ1n) is 6.32. The zero-order valence-electron chi connectivity index (χ0n) is 11.6. The van der Waals surface area contributed by atoms with Crippen LogP contribution in [0.2, 0.25) is 0 Å². The minimum Gasteiger partial charge on any atom is -0.306 e. The summed E-state index contributed by atoms with van der Waals surface area (Å²) in [6, 6.07) is 3.56. The van der Waals surface area contributed by atoms with E-state index in [2.05, 4.69) is 20.3 Å². The summed E-state index contributed by atoms with van der Waals surface area (Å²) in [4.78, 5) is 25.2. The van der Waals surface area contributed by atoms with Gasteiger partial charge in [0.1, 0.15) is 23.8 Å². The van der Waals surface area contributed by atoms with Crippen molar-refractivity contribution in [3.05, 3.63) is 52.5 Å². The van der Waals surface area contributed by atoms with E-state index in [1.807, 2.05) is 36.1 Å². The van der Waals surface area contributed by atoms with Crippen LogP contribution in [-0.2, 0) is 0 Å². The van der Waals surface area contributed by atoms with Crippen molar-refractivity contribution in [2.45, 2.75) is 13.8 Å². The lowest BCUT2D eigenvalue weighted by Crippen LogP contribution is -2.12. The first kappa shape index (κ1) is 13.4. The third-order valence-electron chi connectivity index (χ3n) is 2.92. The van der Waals surface area contributed by atoms with Crippen molar-refractivity contribution in [3.63, 3.8) is 0 Å². The molecule has 0 aromatic carbocycles. The molecule has 0 radical (unpaired) electrons. The molecule has 3 rings (SSSR count). The van der Waals surface area contributed by atoms with E-state index in [0.717, 1.165) is 11.4 Å². The Morgan fingerprint density at radius 1 is 1.24 bits per heavy atom. The molecule has 0 fully saturated rings. The second-order valence-corrected chi connectivity index (χ2v) is 5.46. The molecule has 0 saturated heterocycles. The van der Waals surface area contributed by atoms with Crippen LogP contribution in [0.4, 0.5) is 5.82 Å². The summed E-state index contributed by atoms with van der Waals surface area (Å²) in [5, 5.41) is 4.72. The van der Waals surface area contributed by atoms with Gasteiger partial charge in [0.2, 0.25) is 0 Å². The first-order chi connectivity index (χ1) is 10.1. The van der Waals surface area contributed by atoms with E-state index in [1.165, 1.54) is 17.7 Å². The van der Waals surface area contributed by atoms with E-state index in [-0.39, 0.29) is 5.91 Å². The van der Waals surface area contributed by atoms with Gasteiger partial charge in [0.15, 0.2) is 0 Å². The average Bonchev–Trinajstić information content (AvgIpc) is 3.08. The lowest BCUT2D eigenvalue weighted by molar-refractivity contribution is 0.103. The van der Waals surface area contributed by atoms with Gasteiger partial charge < -0.3 is 5.32 Å². The molecular weight excluding hydrogens is 286 g/mol. The summed E-state index contributed by atoms with van der Waals surface area (Å²) in [5.41, 5.74) is 1.07. The van der Waals surface area contributed by atoms with E-state index < -0.39 is 0 Å². The van der Waals surface area contributed by atoms with Crippen LogP contribution in [0.5, 0.6) is 0 Å². The van der Waals surface area contributed by atoms with Gasteiger partial charge in [-0.2, -0.15) is 0 Å². The van der Waals surface area contributed by atoms with Gasteiger partial charge in [-0.3, -0.25) is 9.36 Å². The third kappa shape index (κ3) is 2.82. The van der Waals surface area contributed by atoms with Crippen LogP contribution in [0, 0.1) is 13.8 Å². The van der Waals surface area contributed by atoms with Gasteiger partial charge in [0, 0.05) is 18.5 Å². The van der Waals surface area contributed by atoms with Gasteiger partial charge in [-0.25, -0.2) is 15.0 Å². The Kier molecular flexibility index (Phi) is 3.49. The molecule has 0 aliphatic carbocycles.